The standard InChI is InChI=1S/C22H30N4O3/c1-15(2)17-6-5-16(3)20(13-17)29-18-8-11-26(12-9-18)21(27)14-23-19-7-10-24-25(4)22(19)28/h5-7,10,13,15,18,23H,8-9,11-12,14H2,1-4H3. The van der Waals surface area contributed by atoms with E-state index >= 15 is 0 Å². The summed E-state index contributed by atoms with van der Waals surface area (Å²) in [6.45, 7) is 7.82. The van der Waals surface area contributed by atoms with Crippen LogP contribution in [0.1, 0.15) is 43.7 Å². The van der Waals surface area contributed by atoms with Gasteiger partial charge in [0.2, 0.25) is 5.91 Å². The smallest absolute Gasteiger partial charge is 0.289 e. The van der Waals surface area contributed by atoms with E-state index in [9.17, 15) is 9.59 Å². The number of hydrogen-bond acceptors (Lipinski definition) is 5. The zero-order valence-corrected chi connectivity index (χ0v) is 17.6. The van der Waals surface area contributed by atoms with Crippen LogP contribution in [0.5, 0.6) is 5.75 Å². The van der Waals surface area contributed by atoms with Crippen molar-refractivity contribution in [2.45, 2.75) is 45.6 Å². The summed E-state index contributed by atoms with van der Waals surface area (Å²) in [6, 6.07) is 7.98. The largest absolute Gasteiger partial charge is 0.490 e. The molecule has 0 radical (unpaired) electrons. The monoisotopic (exact) mass is 398 g/mol. The maximum atomic E-state index is 12.5. The Kier molecular flexibility index (Phi) is 6.56. The molecule has 0 atom stereocenters. The molecule has 2 aromatic rings. The summed E-state index contributed by atoms with van der Waals surface area (Å²) >= 11 is 0. The average Bonchev–Trinajstić information content (AvgIpc) is 2.71. The van der Waals surface area contributed by atoms with Crippen LogP contribution in [0.2, 0.25) is 0 Å². The molecule has 1 aliphatic rings. The van der Waals surface area contributed by atoms with Crippen molar-refractivity contribution in [3.05, 3.63) is 51.9 Å². The molecule has 1 saturated heterocycles. The fourth-order valence-corrected chi connectivity index (χ4v) is 3.43. The molecular formula is C22H30N4O3. The fourth-order valence-electron chi connectivity index (χ4n) is 3.43. The van der Waals surface area contributed by atoms with Crippen molar-refractivity contribution in [2.24, 2.45) is 7.05 Å². The SMILES string of the molecule is Cc1ccc(C(C)C)cc1OC1CCN(C(=O)CNc2ccnn(C)c2=O)CC1. The molecule has 0 bridgehead atoms. The van der Waals surface area contributed by atoms with Crippen LogP contribution < -0.4 is 15.6 Å². The maximum Gasteiger partial charge on any atom is 0.289 e. The van der Waals surface area contributed by atoms with Gasteiger partial charge in [0, 0.05) is 39.2 Å². The fraction of sp³-hybridized carbons (Fsp3) is 0.500. The van der Waals surface area contributed by atoms with Gasteiger partial charge in [-0.2, -0.15) is 5.10 Å². The number of piperidine rings is 1. The molecule has 0 saturated carbocycles. The minimum absolute atomic E-state index is 0.0136. The first-order valence-electron chi connectivity index (χ1n) is 10.2. The highest BCUT2D eigenvalue weighted by atomic mass is 16.5. The van der Waals surface area contributed by atoms with E-state index in [0.29, 0.717) is 24.7 Å². The normalized spacial score (nSPS) is 14.9. The Hall–Kier alpha value is -2.83. The Labute approximate surface area is 171 Å². The number of rotatable bonds is 6. The lowest BCUT2D eigenvalue weighted by Crippen LogP contribution is -2.44. The summed E-state index contributed by atoms with van der Waals surface area (Å²) < 4.78 is 7.50. The van der Waals surface area contributed by atoms with E-state index in [1.807, 2.05) is 4.90 Å². The first kappa shape index (κ1) is 20.9. The van der Waals surface area contributed by atoms with Crippen molar-refractivity contribution in [3.8, 4) is 5.75 Å². The van der Waals surface area contributed by atoms with Crippen molar-refractivity contribution in [3.63, 3.8) is 0 Å². The number of nitrogens with one attached hydrogen (secondary N) is 1. The molecule has 1 aromatic carbocycles. The first-order valence-corrected chi connectivity index (χ1v) is 10.2. The summed E-state index contributed by atoms with van der Waals surface area (Å²) in [5.74, 6) is 1.39. The molecule has 1 amide bonds. The van der Waals surface area contributed by atoms with Gasteiger partial charge in [0.25, 0.3) is 5.56 Å². The van der Waals surface area contributed by atoms with Gasteiger partial charge in [0.05, 0.1) is 6.54 Å². The Morgan fingerprint density at radius 2 is 2.00 bits per heavy atom. The molecule has 1 aliphatic heterocycles. The zero-order valence-electron chi connectivity index (χ0n) is 17.6. The molecule has 0 spiro atoms. The number of anilines is 1. The van der Waals surface area contributed by atoms with Crippen LogP contribution in [-0.4, -0.2) is 46.3 Å². The van der Waals surface area contributed by atoms with Gasteiger partial charge in [0.1, 0.15) is 17.5 Å². The van der Waals surface area contributed by atoms with Crippen LogP contribution in [0.4, 0.5) is 5.69 Å². The molecule has 0 unspecified atom stereocenters. The van der Waals surface area contributed by atoms with Gasteiger partial charge in [-0.25, -0.2) is 4.68 Å². The van der Waals surface area contributed by atoms with E-state index in [1.54, 1.807) is 13.1 Å². The number of carbonyl (C=O) groups is 1. The van der Waals surface area contributed by atoms with Gasteiger partial charge in [-0.3, -0.25) is 9.59 Å². The van der Waals surface area contributed by atoms with Crippen molar-refractivity contribution >= 4 is 11.6 Å². The maximum absolute atomic E-state index is 12.5. The van der Waals surface area contributed by atoms with E-state index in [0.717, 1.165) is 24.2 Å². The third-order valence-electron chi connectivity index (χ3n) is 5.40. The molecule has 2 heterocycles. The van der Waals surface area contributed by atoms with Gasteiger partial charge < -0.3 is 15.0 Å². The van der Waals surface area contributed by atoms with Gasteiger partial charge in [0.15, 0.2) is 0 Å². The minimum Gasteiger partial charge on any atom is -0.490 e. The van der Waals surface area contributed by atoms with Crippen LogP contribution >= 0.6 is 0 Å². The van der Waals surface area contributed by atoms with Gasteiger partial charge in [-0.15, -0.1) is 0 Å². The topological polar surface area (TPSA) is 76.5 Å². The number of amides is 1. The van der Waals surface area contributed by atoms with Crippen LogP contribution in [0.25, 0.3) is 0 Å². The third-order valence-corrected chi connectivity index (χ3v) is 5.40. The summed E-state index contributed by atoms with van der Waals surface area (Å²) in [7, 11) is 1.58. The minimum atomic E-state index is -0.244. The molecule has 0 aliphatic carbocycles. The molecule has 29 heavy (non-hydrogen) atoms. The number of aryl methyl sites for hydroxylation is 2. The second-order valence-corrected chi connectivity index (χ2v) is 7.90. The highest BCUT2D eigenvalue weighted by Gasteiger charge is 2.24. The van der Waals surface area contributed by atoms with E-state index in [4.69, 9.17) is 4.74 Å². The number of aromatic nitrogens is 2. The lowest BCUT2D eigenvalue weighted by atomic mass is 10.0. The molecule has 7 nitrogen and oxygen atoms in total. The predicted octanol–water partition coefficient (Wildman–Crippen LogP) is 2.69. The second-order valence-electron chi connectivity index (χ2n) is 7.90. The van der Waals surface area contributed by atoms with Gasteiger partial charge in [-0.05, 0) is 36.1 Å². The summed E-state index contributed by atoms with van der Waals surface area (Å²) in [4.78, 5) is 26.3. The lowest BCUT2D eigenvalue weighted by molar-refractivity contribution is -0.131. The number of carbonyl (C=O) groups excluding carboxylic acids is 1. The second kappa shape index (κ2) is 9.11. The Morgan fingerprint density at radius 3 is 2.69 bits per heavy atom. The Morgan fingerprint density at radius 1 is 1.28 bits per heavy atom. The number of likely N-dealkylation sites (tertiary alicyclic amines) is 1. The highest BCUT2D eigenvalue weighted by Crippen LogP contribution is 2.27. The highest BCUT2D eigenvalue weighted by molar-refractivity contribution is 5.80. The van der Waals surface area contributed by atoms with E-state index in [2.05, 4.69) is 49.4 Å². The summed E-state index contributed by atoms with van der Waals surface area (Å²) in [6.07, 6.45) is 3.25. The van der Waals surface area contributed by atoms with Crippen LogP contribution in [0.3, 0.4) is 0 Å². The Bertz CT molecular complexity index is 915. The zero-order chi connectivity index (χ0) is 21.0. The van der Waals surface area contributed by atoms with Crippen molar-refractivity contribution in [1.29, 1.82) is 0 Å². The number of ether oxygens (including phenoxy) is 1. The van der Waals surface area contributed by atoms with E-state index < -0.39 is 0 Å². The lowest BCUT2D eigenvalue weighted by Gasteiger charge is -2.32. The summed E-state index contributed by atoms with van der Waals surface area (Å²) in [5, 5.41) is 6.81. The Balaban J connectivity index is 1.51. The third kappa shape index (κ3) is 5.16. The van der Waals surface area contributed by atoms with Crippen LogP contribution in [0, 0.1) is 6.92 Å². The molecular weight excluding hydrogens is 368 g/mol. The first-order chi connectivity index (χ1) is 13.8. The molecule has 156 valence electrons. The van der Waals surface area contributed by atoms with Crippen molar-refractivity contribution in [1.82, 2.24) is 14.7 Å². The van der Waals surface area contributed by atoms with Crippen molar-refractivity contribution < 1.29 is 9.53 Å². The van der Waals surface area contributed by atoms with E-state index in [1.165, 1.54) is 16.4 Å². The number of hydrogen-bond donors (Lipinski definition) is 1. The van der Waals surface area contributed by atoms with Crippen molar-refractivity contribution in [2.75, 3.05) is 25.0 Å². The van der Waals surface area contributed by atoms with Crippen LogP contribution in [-0.2, 0) is 11.8 Å². The van der Waals surface area contributed by atoms with Gasteiger partial charge in [-0.1, -0.05) is 26.0 Å². The average molecular weight is 399 g/mol. The quantitative estimate of drug-likeness (QED) is 0.810. The molecule has 1 aromatic heterocycles. The van der Waals surface area contributed by atoms with Gasteiger partial charge >= 0.3 is 0 Å². The van der Waals surface area contributed by atoms with Crippen LogP contribution in [0.15, 0.2) is 35.3 Å². The number of benzene rings is 1. The molecule has 1 N–H and O–H groups in total. The number of nitrogens with zero attached hydrogens (tertiary/aromatic N) is 3. The molecule has 1 fully saturated rings. The van der Waals surface area contributed by atoms with E-state index in [-0.39, 0.29) is 24.1 Å². The molecule has 3 rings (SSSR count). The molecule has 7 heteroatoms. The summed E-state index contributed by atoms with van der Waals surface area (Å²) in [5.41, 5.74) is 2.54. The predicted molar refractivity (Wildman–Crippen MR) is 113 cm³/mol.